The summed E-state index contributed by atoms with van der Waals surface area (Å²) in [4.78, 5) is 0. The Morgan fingerprint density at radius 3 is 2.94 bits per heavy atom. The Bertz CT molecular complexity index is 583. The summed E-state index contributed by atoms with van der Waals surface area (Å²) in [6.45, 7) is 2.66. The maximum Gasteiger partial charge on any atom is 0.185 e. The molecule has 2 aromatic rings. The van der Waals surface area contributed by atoms with E-state index in [-0.39, 0.29) is 0 Å². The number of hydrogen-bond donors (Lipinski definition) is 0. The van der Waals surface area contributed by atoms with Crippen molar-refractivity contribution >= 4 is 11.6 Å². The number of benzene rings is 1. The predicted octanol–water partition coefficient (Wildman–Crippen LogP) is 2.80. The minimum Gasteiger partial charge on any atom is -0.244 e. The molecule has 1 aromatic carbocycles. The average Bonchev–Trinajstić information content (AvgIpc) is 2.72. The number of halogens is 1. The van der Waals surface area contributed by atoms with Gasteiger partial charge in [-0.15, -0.1) is 5.10 Å². The van der Waals surface area contributed by atoms with E-state index >= 15 is 0 Å². The first-order valence-corrected chi connectivity index (χ1v) is 6.19. The Hall–Kier alpha value is -1.86. The quantitative estimate of drug-likeness (QED) is 0.849. The zero-order valence-corrected chi connectivity index (χ0v) is 10.9. The summed E-state index contributed by atoms with van der Waals surface area (Å²) in [6, 6.07) is 9.69. The molecule has 2 rings (SSSR count). The number of aromatic nitrogens is 3. The summed E-state index contributed by atoms with van der Waals surface area (Å²) >= 11 is 5.95. The lowest BCUT2D eigenvalue weighted by molar-refractivity contribution is 0.613. The molecular weight excluding hydrogens is 248 g/mol. The van der Waals surface area contributed by atoms with Gasteiger partial charge in [0.25, 0.3) is 0 Å². The minimum atomic E-state index is 0.416. The van der Waals surface area contributed by atoms with E-state index in [1.807, 2.05) is 24.3 Å². The Morgan fingerprint density at radius 2 is 2.28 bits per heavy atom. The molecule has 0 radical (unpaired) electrons. The van der Waals surface area contributed by atoms with Crippen LogP contribution in [0.5, 0.6) is 0 Å². The Labute approximate surface area is 111 Å². The van der Waals surface area contributed by atoms with Gasteiger partial charge in [0.1, 0.15) is 6.07 Å². The van der Waals surface area contributed by atoms with E-state index in [0.29, 0.717) is 17.3 Å². The molecule has 0 spiro atoms. The van der Waals surface area contributed by atoms with Crippen LogP contribution in [0.25, 0.3) is 0 Å². The van der Waals surface area contributed by atoms with Gasteiger partial charge in [0, 0.05) is 5.02 Å². The molecule has 0 saturated carbocycles. The molecule has 0 N–H and O–H groups in total. The van der Waals surface area contributed by atoms with E-state index in [1.54, 1.807) is 4.68 Å². The second-order valence-corrected chi connectivity index (χ2v) is 4.47. The molecule has 1 aromatic heterocycles. The first kappa shape index (κ1) is 12.6. The fourth-order valence-corrected chi connectivity index (χ4v) is 2.05. The van der Waals surface area contributed by atoms with Crippen molar-refractivity contribution in [2.75, 3.05) is 0 Å². The van der Waals surface area contributed by atoms with E-state index in [0.717, 1.165) is 24.1 Å². The SMILES string of the molecule is CCCc1c(C#N)nnn1Cc1cccc(Cl)c1. The van der Waals surface area contributed by atoms with Crippen molar-refractivity contribution in [3.05, 3.63) is 46.2 Å². The van der Waals surface area contributed by atoms with E-state index in [1.165, 1.54) is 0 Å². The third-order valence-electron chi connectivity index (χ3n) is 2.65. The molecule has 1 heterocycles. The van der Waals surface area contributed by atoms with Gasteiger partial charge in [-0.05, 0) is 24.1 Å². The molecule has 4 nitrogen and oxygen atoms in total. The second-order valence-electron chi connectivity index (χ2n) is 4.03. The van der Waals surface area contributed by atoms with Crippen LogP contribution in [0.2, 0.25) is 5.02 Å². The number of rotatable bonds is 4. The van der Waals surface area contributed by atoms with Crippen LogP contribution >= 0.6 is 11.6 Å². The number of hydrogen-bond acceptors (Lipinski definition) is 3. The highest BCUT2D eigenvalue weighted by Crippen LogP contribution is 2.14. The monoisotopic (exact) mass is 260 g/mol. The summed E-state index contributed by atoms with van der Waals surface area (Å²) in [5, 5.41) is 17.6. The van der Waals surface area contributed by atoms with Crippen LogP contribution in [0.15, 0.2) is 24.3 Å². The first-order chi connectivity index (χ1) is 8.74. The molecular formula is C13H13ClN4. The molecule has 0 bridgehead atoms. The largest absolute Gasteiger partial charge is 0.244 e. The van der Waals surface area contributed by atoms with Gasteiger partial charge in [-0.25, -0.2) is 4.68 Å². The van der Waals surface area contributed by atoms with Crippen LogP contribution in [-0.4, -0.2) is 15.0 Å². The Balaban J connectivity index is 2.29. The standard InChI is InChI=1S/C13H13ClN4/c1-2-4-13-12(8-15)16-17-18(13)9-10-5-3-6-11(14)7-10/h3,5-7H,2,4,9H2,1H3. The maximum atomic E-state index is 8.98. The van der Waals surface area contributed by atoms with Crippen LogP contribution in [0.1, 0.15) is 30.3 Å². The molecule has 92 valence electrons. The Morgan fingerprint density at radius 1 is 1.44 bits per heavy atom. The normalized spacial score (nSPS) is 10.3. The van der Waals surface area contributed by atoms with E-state index < -0.39 is 0 Å². The highest BCUT2D eigenvalue weighted by atomic mass is 35.5. The van der Waals surface area contributed by atoms with Gasteiger partial charge in [0.05, 0.1) is 12.2 Å². The van der Waals surface area contributed by atoms with Gasteiger partial charge in [-0.1, -0.05) is 42.3 Å². The van der Waals surface area contributed by atoms with Crippen molar-refractivity contribution < 1.29 is 0 Å². The third-order valence-corrected chi connectivity index (χ3v) is 2.89. The molecule has 0 amide bonds. The molecule has 5 heteroatoms. The highest BCUT2D eigenvalue weighted by Gasteiger charge is 2.11. The van der Waals surface area contributed by atoms with Gasteiger partial charge in [0.15, 0.2) is 5.69 Å². The minimum absolute atomic E-state index is 0.416. The topological polar surface area (TPSA) is 54.5 Å². The predicted molar refractivity (Wildman–Crippen MR) is 69.3 cm³/mol. The zero-order valence-electron chi connectivity index (χ0n) is 10.1. The molecule has 18 heavy (non-hydrogen) atoms. The maximum absolute atomic E-state index is 8.98. The van der Waals surface area contributed by atoms with Gasteiger partial charge in [-0.2, -0.15) is 5.26 Å². The lowest BCUT2D eigenvalue weighted by atomic mass is 10.2. The summed E-state index contributed by atoms with van der Waals surface area (Å²) < 4.78 is 1.77. The van der Waals surface area contributed by atoms with Gasteiger partial charge >= 0.3 is 0 Å². The van der Waals surface area contributed by atoms with Crippen molar-refractivity contribution in [1.82, 2.24) is 15.0 Å². The van der Waals surface area contributed by atoms with Gasteiger partial charge in [-0.3, -0.25) is 0 Å². The van der Waals surface area contributed by atoms with Crippen molar-refractivity contribution in [3.63, 3.8) is 0 Å². The molecule has 0 unspecified atom stereocenters. The highest BCUT2D eigenvalue weighted by molar-refractivity contribution is 6.30. The molecule has 0 saturated heterocycles. The smallest absolute Gasteiger partial charge is 0.185 e. The summed E-state index contributed by atoms with van der Waals surface area (Å²) in [6.07, 6.45) is 1.76. The fourth-order valence-electron chi connectivity index (χ4n) is 1.84. The molecule has 0 atom stereocenters. The molecule has 0 fully saturated rings. The van der Waals surface area contributed by atoms with Crippen LogP contribution in [0.3, 0.4) is 0 Å². The van der Waals surface area contributed by atoms with E-state index in [9.17, 15) is 0 Å². The third kappa shape index (κ3) is 2.69. The first-order valence-electron chi connectivity index (χ1n) is 5.81. The van der Waals surface area contributed by atoms with E-state index in [2.05, 4.69) is 23.3 Å². The Kier molecular flexibility index (Phi) is 3.96. The second kappa shape index (κ2) is 5.65. The lowest BCUT2D eigenvalue weighted by Crippen LogP contribution is -2.07. The van der Waals surface area contributed by atoms with Crippen molar-refractivity contribution in [2.45, 2.75) is 26.3 Å². The number of nitrogens with zero attached hydrogens (tertiary/aromatic N) is 4. The van der Waals surface area contributed by atoms with Crippen LogP contribution in [-0.2, 0) is 13.0 Å². The fraction of sp³-hybridized carbons (Fsp3) is 0.308. The summed E-state index contributed by atoms with van der Waals surface area (Å²) in [5.41, 5.74) is 2.35. The molecule has 0 aliphatic carbocycles. The molecule has 0 aliphatic heterocycles. The average molecular weight is 261 g/mol. The lowest BCUT2D eigenvalue weighted by Gasteiger charge is -2.06. The van der Waals surface area contributed by atoms with Crippen molar-refractivity contribution in [2.24, 2.45) is 0 Å². The zero-order chi connectivity index (χ0) is 13.0. The molecule has 0 aliphatic rings. The van der Waals surface area contributed by atoms with Gasteiger partial charge in [0.2, 0.25) is 0 Å². The van der Waals surface area contributed by atoms with Crippen molar-refractivity contribution in [1.29, 1.82) is 5.26 Å². The van der Waals surface area contributed by atoms with Crippen molar-refractivity contribution in [3.8, 4) is 6.07 Å². The number of nitriles is 1. The van der Waals surface area contributed by atoms with E-state index in [4.69, 9.17) is 16.9 Å². The van der Waals surface area contributed by atoms with Crippen LogP contribution < -0.4 is 0 Å². The summed E-state index contributed by atoms with van der Waals surface area (Å²) in [7, 11) is 0. The summed E-state index contributed by atoms with van der Waals surface area (Å²) in [5.74, 6) is 0. The van der Waals surface area contributed by atoms with Crippen LogP contribution in [0, 0.1) is 11.3 Å². The van der Waals surface area contributed by atoms with Gasteiger partial charge < -0.3 is 0 Å². The van der Waals surface area contributed by atoms with Crippen LogP contribution in [0.4, 0.5) is 0 Å².